The molecule has 0 amide bonds. The predicted molar refractivity (Wildman–Crippen MR) is 57.6 cm³/mol. The molecule has 4 heteroatoms. The normalized spacial score (nSPS) is 9.87. The molecule has 0 saturated heterocycles. The summed E-state index contributed by atoms with van der Waals surface area (Å²) in [4.78, 5) is 14.6. The molecule has 1 heterocycles. The highest BCUT2D eigenvalue weighted by Gasteiger charge is 2.02. The van der Waals surface area contributed by atoms with Crippen molar-refractivity contribution in [2.75, 3.05) is 13.1 Å². The van der Waals surface area contributed by atoms with Gasteiger partial charge >= 0.3 is 5.97 Å². The predicted octanol–water partition coefficient (Wildman–Crippen LogP) is 0.854. The van der Waals surface area contributed by atoms with Crippen molar-refractivity contribution in [1.82, 2.24) is 10.3 Å². The zero-order valence-corrected chi connectivity index (χ0v) is 8.44. The SMILES string of the molecule is C=C(CNCCc1ccccn1)C(=O)O. The van der Waals surface area contributed by atoms with Crippen LogP contribution < -0.4 is 5.32 Å². The van der Waals surface area contributed by atoms with Crippen molar-refractivity contribution in [2.45, 2.75) is 6.42 Å². The van der Waals surface area contributed by atoms with E-state index in [1.807, 2.05) is 18.2 Å². The minimum Gasteiger partial charge on any atom is -0.478 e. The van der Waals surface area contributed by atoms with Crippen LogP contribution in [0.2, 0.25) is 0 Å². The average Bonchev–Trinajstić information content (AvgIpc) is 2.25. The van der Waals surface area contributed by atoms with E-state index in [2.05, 4.69) is 16.9 Å². The van der Waals surface area contributed by atoms with Crippen LogP contribution in [0.5, 0.6) is 0 Å². The van der Waals surface area contributed by atoms with Crippen LogP contribution in [0.3, 0.4) is 0 Å². The number of carbonyl (C=O) groups is 1. The van der Waals surface area contributed by atoms with E-state index in [4.69, 9.17) is 5.11 Å². The molecule has 0 aliphatic rings. The molecule has 0 aliphatic heterocycles. The van der Waals surface area contributed by atoms with Gasteiger partial charge in [0.1, 0.15) is 0 Å². The summed E-state index contributed by atoms with van der Waals surface area (Å²) in [5, 5.41) is 11.5. The smallest absolute Gasteiger partial charge is 0.332 e. The summed E-state index contributed by atoms with van der Waals surface area (Å²) in [6.45, 7) is 4.43. The molecule has 0 aromatic carbocycles. The first-order valence-electron chi connectivity index (χ1n) is 4.72. The van der Waals surface area contributed by atoms with Gasteiger partial charge in [0.2, 0.25) is 0 Å². The maximum absolute atomic E-state index is 10.4. The van der Waals surface area contributed by atoms with Gasteiger partial charge in [-0.05, 0) is 12.1 Å². The van der Waals surface area contributed by atoms with Crippen LogP contribution >= 0.6 is 0 Å². The fraction of sp³-hybridized carbons (Fsp3) is 0.273. The molecule has 1 aromatic heterocycles. The van der Waals surface area contributed by atoms with Gasteiger partial charge in [0.25, 0.3) is 0 Å². The quantitative estimate of drug-likeness (QED) is 0.535. The summed E-state index contributed by atoms with van der Waals surface area (Å²) in [6.07, 6.45) is 2.53. The Bertz CT molecular complexity index is 336. The minimum absolute atomic E-state index is 0.177. The van der Waals surface area contributed by atoms with Crippen LogP contribution in [0.25, 0.3) is 0 Å². The molecule has 15 heavy (non-hydrogen) atoms. The minimum atomic E-state index is -0.958. The molecule has 4 nitrogen and oxygen atoms in total. The first kappa shape index (κ1) is 11.4. The standard InChI is InChI=1S/C11H14N2O2/c1-9(11(14)15)8-12-7-5-10-4-2-3-6-13-10/h2-4,6,12H,1,5,7-8H2,(H,14,15). The highest BCUT2D eigenvalue weighted by atomic mass is 16.4. The Morgan fingerprint density at radius 1 is 1.53 bits per heavy atom. The molecular weight excluding hydrogens is 192 g/mol. The number of nitrogens with one attached hydrogen (secondary N) is 1. The molecule has 80 valence electrons. The zero-order valence-electron chi connectivity index (χ0n) is 8.44. The van der Waals surface area contributed by atoms with Crippen molar-refractivity contribution in [1.29, 1.82) is 0 Å². The van der Waals surface area contributed by atoms with Crippen molar-refractivity contribution in [3.8, 4) is 0 Å². The van der Waals surface area contributed by atoms with E-state index in [1.165, 1.54) is 0 Å². The Morgan fingerprint density at radius 3 is 2.93 bits per heavy atom. The number of pyridine rings is 1. The lowest BCUT2D eigenvalue weighted by atomic mass is 10.2. The second-order valence-electron chi connectivity index (χ2n) is 3.16. The van der Waals surface area contributed by atoms with E-state index in [0.717, 1.165) is 12.1 Å². The fourth-order valence-corrected chi connectivity index (χ4v) is 1.08. The summed E-state index contributed by atoms with van der Waals surface area (Å²) in [5.74, 6) is -0.958. The van der Waals surface area contributed by atoms with Crippen LogP contribution in [0.4, 0.5) is 0 Å². The molecule has 2 N–H and O–H groups in total. The third-order valence-corrected chi connectivity index (χ3v) is 1.92. The number of aromatic nitrogens is 1. The van der Waals surface area contributed by atoms with Gasteiger partial charge in [-0.15, -0.1) is 0 Å². The third kappa shape index (κ3) is 4.37. The van der Waals surface area contributed by atoms with Crippen molar-refractivity contribution in [3.05, 3.63) is 42.2 Å². The Kier molecular flexibility index (Phi) is 4.50. The molecule has 0 bridgehead atoms. The van der Waals surface area contributed by atoms with Gasteiger partial charge in [0, 0.05) is 37.0 Å². The van der Waals surface area contributed by atoms with E-state index in [0.29, 0.717) is 13.1 Å². The number of nitrogens with zero attached hydrogens (tertiary/aromatic N) is 1. The maximum Gasteiger partial charge on any atom is 0.332 e. The molecule has 0 unspecified atom stereocenters. The van der Waals surface area contributed by atoms with Crippen molar-refractivity contribution in [3.63, 3.8) is 0 Å². The van der Waals surface area contributed by atoms with Crippen LogP contribution in [0, 0.1) is 0 Å². The number of hydrogen-bond acceptors (Lipinski definition) is 3. The summed E-state index contributed by atoms with van der Waals surface area (Å²) >= 11 is 0. The second kappa shape index (κ2) is 5.93. The third-order valence-electron chi connectivity index (χ3n) is 1.92. The van der Waals surface area contributed by atoms with Crippen LogP contribution in [0.15, 0.2) is 36.5 Å². The first-order valence-corrected chi connectivity index (χ1v) is 4.72. The van der Waals surface area contributed by atoms with Gasteiger partial charge in [0.05, 0.1) is 0 Å². The summed E-state index contributed by atoms with van der Waals surface area (Å²) in [6, 6.07) is 5.73. The molecule has 0 saturated carbocycles. The summed E-state index contributed by atoms with van der Waals surface area (Å²) in [5.41, 5.74) is 1.17. The Morgan fingerprint density at radius 2 is 2.33 bits per heavy atom. The number of carboxylic acid groups (broad SMARTS) is 1. The van der Waals surface area contributed by atoms with Gasteiger partial charge in [-0.3, -0.25) is 4.98 Å². The molecular formula is C11H14N2O2. The van der Waals surface area contributed by atoms with Crippen molar-refractivity contribution in [2.24, 2.45) is 0 Å². The monoisotopic (exact) mass is 206 g/mol. The van der Waals surface area contributed by atoms with Gasteiger partial charge in [-0.25, -0.2) is 4.79 Å². The van der Waals surface area contributed by atoms with Crippen LogP contribution in [0.1, 0.15) is 5.69 Å². The Balaban J connectivity index is 2.18. The highest BCUT2D eigenvalue weighted by molar-refractivity contribution is 5.86. The number of hydrogen-bond donors (Lipinski definition) is 2. The molecule has 0 fully saturated rings. The Labute approximate surface area is 88.7 Å². The number of carboxylic acids is 1. The second-order valence-corrected chi connectivity index (χ2v) is 3.16. The van der Waals surface area contributed by atoms with Crippen LogP contribution in [-0.2, 0) is 11.2 Å². The van der Waals surface area contributed by atoms with Gasteiger partial charge in [-0.2, -0.15) is 0 Å². The highest BCUT2D eigenvalue weighted by Crippen LogP contribution is 1.93. The van der Waals surface area contributed by atoms with Gasteiger partial charge in [0.15, 0.2) is 0 Å². The van der Waals surface area contributed by atoms with E-state index in [-0.39, 0.29) is 5.57 Å². The summed E-state index contributed by atoms with van der Waals surface area (Å²) < 4.78 is 0. The van der Waals surface area contributed by atoms with Crippen molar-refractivity contribution >= 4 is 5.97 Å². The first-order chi connectivity index (χ1) is 7.20. The number of rotatable bonds is 6. The molecule has 0 spiro atoms. The largest absolute Gasteiger partial charge is 0.478 e. The van der Waals surface area contributed by atoms with E-state index in [9.17, 15) is 4.79 Å². The molecule has 0 aliphatic carbocycles. The van der Waals surface area contributed by atoms with Gasteiger partial charge in [-0.1, -0.05) is 12.6 Å². The van der Waals surface area contributed by atoms with E-state index >= 15 is 0 Å². The topological polar surface area (TPSA) is 62.2 Å². The lowest BCUT2D eigenvalue weighted by Crippen LogP contribution is -2.22. The molecule has 1 aromatic rings. The Hall–Kier alpha value is -1.68. The lowest BCUT2D eigenvalue weighted by Gasteiger charge is -2.03. The number of aliphatic carboxylic acids is 1. The zero-order chi connectivity index (χ0) is 11.1. The van der Waals surface area contributed by atoms with E-state index in [1.54, 1.807) is 6.20 Å². The summed E-state index contributed by atoms with van der Waals surface area (Å²) in [7, 11) is 0. The molecule has 0 atom stereocenters. The maximum atomic E-state index is 10.4. The van der Waals surface area contributed by atoms with Crippen LogP contribution in [-0.4, -0.2) is 29.1 Å². The average molecular weight is 206 g/mol. The lowest BCUT2D eigenvalue weighted by molar-refractivity contribution is -0.132. The van der Waals surface area contributed by atoms with E-state index < -0.39 is 5.97 Å². The molecule has 0 radical (unpaired) electrons. The molecule has 1 rings (SSSR count). The van der Waals surface area contributed by atoms with Crippen molar-refractivity contribution < 1.29 is 9.90 Å². The van der Waals surface area contributed by atoms with Gasteiger partial charge < -0.3 is 10.4 Å². The fourth-order valence-electron chi connectivity index (χ4n) is 1.08.